The number of nitrogens with one attached hydrogen (secondary N) is 1. The first-order valence-electron chi connectivity index (χ1n) is 8.57. The maximum absolute atomic E-state index is 12.3. The Morgan fingerprint density at radius 2 is 1.92 bits per heavy atom. The quantitative estimate of drug-likeness (QED) is 0.850. The number of aryl methyl sites for hydroxylation is 2. The van der Waals surface area contributed by atoms with Gasteiger partial charge in [-0.2, -0.15) is 0 Å². The summed E-state index contributed by atoms with van der Waals surface area (Å²) in [5, 5.41) is 3.54. The fourth-order valence-electron chi connectivity index (χ4n) is 3.13. The van der Waals surface area contributed by atoms with Crippen LogP contribution >= 0.6 is 11.6 Å². The second kappa shape index (κ2) is 7.79. The van der Waals surface area contributed by atoms with Gasteiger partial charge < -0.3 is 15.0 Å². The summed E-state index contributed by atoms with van der Waals surface area (Å²) in [7, 11) is 0. The Hall–Kier alpha value is -2.20. The van der Waals surface area contributed by atoms with E-state index >= 15 is 0 Å². The molecule has 3 rings (SSSR count). The van der Waals surface area contributed by atoms with E-state index in [1.54, 1.807) is 6.07 Å². The Labute approximate surface area is 153 Å². The molecule has 1 saturated heterocycles. The van der Waals surface area contributed by atoms with Gasteiger partial charge in [0.1, 0.15) is 5.75 Å². The zero-order valence-corrected chi connectivity index (χ0v) is 15.4. The molecule has 0 unspecified atom stereocenters. The van der Waals surface area contributed by atoms with E-state index in [0.29, 0.717) is 5.02 Å². The van der Waals surface area contributed by atoms with Gasteiger partial charge in [0, 0.05) is 18.1 Å². The number of hydrogen-bond donors (Lipinski definition) is 1. The lowest BCUT2D eigenvalue weighted by Gasteiger charge is -2.22. The third kappa shape index (κ3) is 4.45. The highest BCUT2D eigenvalue weighted by atomic mass is 35.5. The van der Waals surface area contributed by atoms with E-state index in [9.17, 15) is 4.79 Å². The number of rotatable bonds is 5. The number of carbonyl (C=O) groups is 1. The number of nitrogens with zero attached hydrogens (tertiary/aromatic N) is 1. The van der Waals surface area contributed by atoms with Crippen molar-refractivity contribution in [1.29, 1.82) is 0 Å². The first kappa shape index (κ1) is 17.6. The lowest BCUT2D eigenvalue weighted by atomic mass is 10.1. The van der Waals surface area contributed by atoms with Crippen molar-refractivity contribution in [2.45, 2.75) is 26.7 Å². The minimum Gasteiger partial charge on any atom is -0.483 e. The molecule has 132 valence electrons. The molecule has 1 amide bonds. The maximum atomic E-state index is 12.3. The maximum Gasteiger partial charge on any atom is 0.262 e. The van der Waals surface area contributed by atoms with Gasteiger partial charge in [0.05, 0.1) is 11.4 Å². The van der Waals surface area contributed by atoms with Crippen LogP contribution in [0.2, 0.25) is 5.02 Å². The number of amides is 1. The normalized spacial score (nSPS) is 13.8. The van der Waals surface area contributed by atoms with Crippen molar-refractivity contribution in [2.75, 3.05) is 29.9 Å². The van der Waals surface area contributed by atoms with Crippen molar-refractivity contribution in [2.24, 2.45) is 0 Å². The van der Waals surface area contributed by atoms with Gasteiger partial charge in [0.25, 0.3) is 5.91 Å². The Morgan fingerprint density at radius 3 is 2.64 bits per heavy atom. The molecule has 1 fully saturated rings. The van der Waals surface area contributed by atoms with Crippen LogP contribution in [0.1, 0.15) is 24.0 Å². The van der Waals surface area contributed by atoms with Crippen LogP contribution in [0.25, 0.3) is 0 Å². The van der Waals surface area contributed by atoms with Crippen LogP contribution in [0.4, 0.5) is 11.4 Å². The van der Waals surface area contributed by atoms with Crippen molar-refractivity contribution in [3.8, 4) is 5.75 Å². The largest absolute Gasteiger partial charge is 0.483 e. The van der Waals surface area contributed by atoms with Gasteiger partial charge >= 0.3 is 0 Å². The minimum atomic E-state index is -0.192. The second-order valence-electron chi connectivity index (χ2n) is 6.46. The Kier molecular flexibility index (Phi) is 5.49. The van der Waals surface area contributed by atoms with E-state index in [0.717, 1.165) is 35.8 Å². The smallest absolute Gasteiger partial charge is 0.262 e. The van der Waals surface area contributed by atoms with Crippen LogP contribution in [-0.2, 0) is 4.79 Å². The molecule has 0 aromatic heterocycles. The van der Waals surface area contributed by atoms with Gasteiger partial charge in [-0.1, -0.05) is 29.3 Å². The molecule has 0 bridgehead atoms. The number of hydrogen-bond acceptors (Lipinski definition) is 3. The SMILES string of the molecule is Cc1ccc(OCC(=O)Nc2cc(Cl)ccc2N2CCCC2)c(C)c1. The summed E-state index contributed by atoms with van der Waals surface area (Å²) in [5.41, 5.74) is 3.95. The Balaban J connectivity index is 1.67. The molecule has 0 saturated carbocycles. The molecule has 5 heteroatoms. The van der Waals surface area contributed by atoms with E-state index in [4.69, 9.17) is 16.3 Å². The van der Waals surface area contributed by atoms with Crippen molar-refractivity contribution >= 4 is 28.9 Å². The van der Waals surface area contributed by atoms with Crippen LogP contribution in [0.3, 0.4) is 0 Å². The molecule has 1 N–H and O–H groups in total. The number of benzene rings is 2. The number of carbonyl (C=O) groups excluding carboxylic acids is 1. The highest BCUT2D eigenvalue weighted by molar-refractivity contribution is 6.31. The monoisotopic (exact) mass is 358 g/mol. The molecule has 0 radical (unpaired) electrons. The molecule has 0 aliphatic carbocycles. The second-order valence-corrected chi connectivity index (χ2v) is 6.90. The van der Waals surface area contributed by atoms with Gasteiger partial charge in [-0.05, 0) is 56.5 Å². The first-order chi connectivity index (χ1) is 12.0. The van der Waals surface area contributed by atoms with Crippen molar-refractivity contribution < 1.29 is 9.53 Å². The number of ether oxygens (including phenoxy) is 1. The Bertz CT molecular complexity index is 770. The molecule has 1 aliphatic rings. The summed E-state index contributed by atoms with van der Waals surface area (Å²) < 4.78 is 5.66. The molecule has 0 atom stereocenters. The van der Waals surface area contributed by atoms with Crippen molar-refractivity contribution in [3.63, 3.8) is 0 Å². The standard InChI is InChI=1S/C20H23ClN2O2/c1-14-5-8-19(15(2)11-14)25-13-20(24)22-17-12-16(21)6-7-18(17)23-9-3-4-10-23/h5-8,11-12H,3-4,9-10,13H2,1-2H3,(H,22,24). The van der Waals surface area contributed by atoms with E-state index in [2.05, 4.69) is 10.2 Å². The zero-order chi connectivity index (χ0) is 17.8. The van der Waals surface area contributed by atoms with Gasteiger partial charge in [-0.25, -0.2) is 0 Å². The minimum absolute atomic E-state index is 0.0319. The van der Waals surface area contributed by atoms with Crippen LogP contribution in [-0.4, -0.2) is 25.6 Å². The summed E-state index contributed by atoms with van der Waals surface area (Å²) in [6.45, 7) is 5.98. The highest BCUT2D eigenvalue weighted by Crippen LogP contribution is 2.31. The molecular weight excluding hydrogens is 336 g/mol. The van der Waals surface area contributed by atoms with Crippen LogP contribution in [0, 0.1) is 13.8 Å². The van der Waals surface area contributed by atoms with Gasteiger partial charge in [0.2, 0.25) is 0 Å². The summed E-state index contributed by atoms with van der Waals surface area (Å²) >= 11 is 6.11. The van der Waals surface area contributed by atoms with E-state index in [1.165, 1.54) is 18.4 Å². The third-order valence-corrected chi connectivity index (χ3v) is 4.60. The van der Waals surface area contributed by atoms with Gasteiger partial charge in [-0.3, -0.25) is 4.79 Å². The predicted molar refractivity (Wildman–Crippen MR) is 103 cm³/mol. The highest BCUT2D eigenvalue weighted by Gasteiger charge is 2.17. The fraction of sp³-hybridized carbons (Fsp3) is 0.350. The van der Waals surface area contributed by atoms with E-state index in [1.807, 2.05) is 44.2 Å². The summed E-state index contributed by atoms with van der Waals surface area (Å²) in [4.78, 5) is 14.6. The number of anilines is 2. The predicted octanol–water partition coefficient (Wildman–Crippen LogP) is 4.57. The van der Waals surface area contributed by atoms with Crippen molar-refractivity contribution in [1.82, 2.24) is 0 Å². The lowest BCUT2D eigenvalue weighted by molar-refractivity contribution is -0.118. The van der Waals surface area contributed by atoms with Gasteiger partial charge in [-0.15, -0.1) is 0 Å². The van der Waals surface area contributed by atoms with Gasteiger partial charge in [0.15, 0.2) is 6.61 Å². The van der Waals surface area contributed by atoms with Crippen LogP contribution in [0.5, 0.6) is 5.75 Å². The molecular formula is C20H23ClN2O2. The summed E-state index contributed by atoms with van der Waals surface area (Å²) in [6.07, 6.45) is 2.34. The topological polar surface area (TPSA) is 41.6 Å². The Morgan fingerprint density at radius 1 is 1.16 bits per heavy atom. The molecule has 1 aliphatic heterocycles. The van der Waals surface area contributed by atoms with Crippen LogP contribution < -0.4 is 15.0 Å². The number of halogens is 1. The third-order valence-electron chi connectivity index (χ3n) is 4.37. The molecule has 0 spiro atoms. The summed E-state index contributed by atoms with van der Waals surface area (Å²) in [6, 6.07) is 11.5. The molecule has 1 heterocycles. The van der Waals surface area contributed by atoms with E-state index < -0.39 is 0 Å². The zero-order valence-electron chi connectivity index (χ0n) is 14.6. The van der Waals surface area contributed by atoms with Crippen molar-refractivity contribution in [3.05, 3.63) is 52.5 Å². The average molecular weight is 359 g/mol. The first-order valence-corrected chi connectivity index (χ1v) is 8.95. The van der Waals surface area contributed by atoms with E-state index in [-0.39, 0.29) is 12.5 Å². The molecule has 4 nitrogen and oxygen atoms in total. The molecule has 25 heavy (non-hydrogen) atoms. The van der Waals surface area contributed by atoms with Crippen LogP contribution in [0.15, 0.2) is 36.4 Å². The molecule has 2 aromatic rings. The lowest BCUT2D eigenvalue weighted by Crippen LogP contribution is -2.24. The summed E-state index contributed by atoms with van der Waals surface area (Å²) in [5.74, 6) is 0.536. The molecule has 2 aromatic carbocycles. The average Bonchev–Trinajstić information content (AvgIpc) is 3.08. The fourth-order valence-corrected chi connectivity index (χ4v) is 3.31.